The topological polar surface area (TPSA) is 48.4 Å². The Morgan fingerprint density at radius 2 is 1.47 bits per heavy atom. The van der Waals surface area contributed by atoms with E-state index in [9.17, 15) is 4.79 Å². The van der Waals surface area contributed by atoms with Crippen LogP contribution in [0.2, 0.25) is 0 Å². The Morgan fingerprint density at radius 1 is 0.812 bits per heavy atom. The molecule has 4 aromatic rings. The summed E-state index contributed by atoms with van der Waals surface area (Å²) in [5, 5.41) is 0. The molecule has 0 saturated heterocycles. The molecule has 1 unspecified atom stereocenters. The number of hydrogen-bond donors (Lipinski definition) is 0. The minimum absolute atomic E-state index is 0.390. The summed E-state index contributed by atoms with van der Waals surface area (Å²) in [6, 6.07) is 31.3. The van der Waals surface area contributed by atoms with Crippen LogP contribution in [0.5, 0.6) is 5.75 Å². The first-order valence-corrected chi connectivity index (χ1v) is 10.4. The molecule has 4 nitrogen and oxygen atoms in total. The van der Waals surface area contributed by atoms with Crippen LogP contribution < -0.4 is 4.74 Å². The number of pyridine rings is 1. The van der Waals surface area contributed by atoms with Crippen LogP contribution in [-0.2, 0) is 9.53 Å². The van der Waals surface area contributed by atoms with Crippen LogP contribution in [0, 0.1) is 0 Å². The summed E-state index contributed by atoms with van der Waals surface area (Å²) in [4.78, 5) is 16.1. The molecule has 0 spiro atoms. The number of esters is 1. The summed E-state index contributed by atoms with van der Waals surface area (Å²) in [5.41, 5.74) is 3.89. The van der Waals surface area contributed by atoms with Crippen molar-refractivity contribution in [1.82, 2.24) is 4.98 Å². The molecule has 0 bridgehead atoms. The van der Waals surface area contributed by atoms with Crippen LogP contribution in [0.15, 0.2) is 115 Å². The van der Waals surface area contributed by atoms with Crippen LogP contribution in [0.25, 0.3) is 17.2 Å². The maximum absolute atomic E-state index is 11.9. The molecule has 0 radical (unpaired) electrons. The van der Waals surface area contributed by atoms with Crippen molar-refractivity contribution in [2.75, 3.05) is 0 Å². The Labute approximate surface area is 187 Å². The molecule has 1 heterocycles. The SMILES string of the molecule is CC(=O)OC(/C(=C\c1cccnc1)Oc1ccc(-c2ccccc2)cc1)c1ccccc1. The van der Waals surface area contributed by atoms with Gasteiger partial charge in [-0.1, -0.05) is 78.9 Å². The normalized spacial score (nSPS) is 12.1. The molecule has 1 atom stereocenters. The Balaban J connectivity index is 1.69. The molecule has 158 valence electrons. The highest BCUT2D eigenvalue weighted by molar-refractivity contribution is 5.67. The van der Waals surface area contributed by atoms with Gasteiger partial charge in [0.05, 0.1) is 0 Å². The summed E-state index contributed by atoms with van der Waals surface area (Å²) in [6.45, 7) is 1.40. The average molecular weight is 421 g/mol. The van der Waals surface area contributed by atoms with E-state index in [4.69, 9.17) is 9.47 Å². The predicted molar refractivity (Wildman–Crippen MR) is 126 cm³/mol. The Kier molecular flexibility index (Phi) is 6.73. The van der Waals surface area contributed by atoms with Gasteiger partial charge in [-0.3, -0.25) is 9.78 Å². The lowest BCUT2D eigenvalue weighted by atomic mass is 10.1. The van der Waals surface area contributed by atoms with Crippen molar-refractivity contribution >= 4 is 12.0 Å². The molecule has 0 aliphatic rings. The molecular formula is C28H23NO3. The minimum Gasteiger partial charge on any atom is -0.457 e. The molecular weight excluding hydrogens is 398 g/mol. The minimum atomic E-state index is -0.692. The van der Waals surface area contributed by atoms with Crippen molar-refractivity contribution in [1.29, 1.82) is 0 Å². The van der Waals surface area contributed by atoms with E-state index in [2.05, 4.69) is 17.1 Å². The van der Waals surface area contributed by atoms with Gasteiger partial charge in [-0.2, -0.15) is 0 Å². The van der Waals surface area contributed by atoms with Crippen molar-refractivity contribution in [3.05, 3.63) is 126 Å². The van der Waals surface area contributed by atoms with Crippen LogP contribution in [0.4, 0.5) is 0 Å². The molecule has 3 aromatic carbocycles. The number of hydrogen-bond acceptors (Lipinski definition) is 4. The number of rotatable bonds is 7. The van der Waals surface area contributed by atoms with Gasteiger partial charge in [0.25, 0.3) is 0 Å². The summed E-state index contributed by atoms with van der Waals surface area (Å²) >= 11 is 0. The molecule has 0 aliphatic heterocycles. The van der Waals surface area contributed by atoms with Crippen molar-refractivity contribution in [3.63, 3.8) is 0 Å². The number of carbonyl (C=O) groups excluding carboxylic acids is 1. The predicted octanol–water partition coefficient (Wildman–Crippen LogP) is 6.47. The van der Waals surface area contributed by atoms with Crippen LogP contribution in [-0.4, -0.2) is 11.0 Å². The van der Waals surface area contributed by atoms with Gasteiger partial charge in [0.1, 0.15) is 5.75 Å². The zero-order chi connectivity index (χ0) is 22.2. The third-order valence-electron chi connectivity index (χ3n) is 4.84. The second kappa shape index (κ2) is 10.2. The smallest absolute Gasteiger partial charge is 0.303 e. The molecule has 0 aliphatic carbocycles. The van der Waals surface area contributed by atoms with E-state index in [1.807, 2.05) is 91.0 Å². The summed E-state index contributed by atoms with van der Waals surface area (Å²) in [5.74, 6) is 0.749. The van der Waals surface area contributed by atoms with Crippen LogP contribution in [0.3, 0.4) is 0 Å². The van der Waals surface area contributed by atoms with E-state index >= 15 is 0 Å². The largest absolute Gasteiger partial charge is 0.457 e. The molecule has 0 saturated carbocycles. The number of aromatic nitrogens is 1. The van der Waals surface area contributed by atoms with E-state index in [1.54, 1.807) is 12.4 Å². The van der Waals surface area contributed by atoms with E-state index in [-0.39, 0.29) is 5.97 Å². The first-order chi connectivity index (χ1) is 15.7. The highest BCUT2D eigenvalue weighted by atomic mass is 16.6. The van der Waals surface area contributed by atoms with Crippen molar-refractivity contribution < 1.29 is 14.3 Å². The lowest BCUT2D eigenvalue weighted by molar-refractivity contribution is -0.146. The van der Waals surface area contributed by atoms with Gasteiger partial charge in [0.2, 0.25) is 0 Å². The van der Waals surface area contributed by atoms with Gasteiger partial charge in [0.15, 0.2) is 11.9 Å². The van der Waals surface area contributed by atoms with E-state index in [0.29, 0.717) is 11.5 Å². The molecule has 0 amide bonds. The van der Waals surface area contributed by atoms with E-state index in [1.165, 1.54) is 6.92 Å². The Bertz CT molecular complexity index is 1170. The lowest BCUT2D eigenvalue weighted by Gasteiger charge is -2.21. The number of nitrogens with zero attached hydrogens (tertiary/aromatic N) is 1. The lowest BCUT2D eigenvalue weighted by Crippen LogP contribution is -2.15. The summed E-state index contributed by atoms with van der Waals surface area (Å²) in [6.07, 6.45) is 4.60. The third-order valence-corrected chi connectivity index (χ3v) is 4.84. The first kappa shape index (κ1) is 21.1. The maximum Gasteiger partial charge on any atom is 0.303 e. The molecule has 4 rings (SSSR count). The molecule has 32 heavy (non-hydrogen) atoms. The van der Waals surface area contributed by atoms with Crippen molar-refractivity contribution in [2.45, 2.75) is 13.0 Å². The standard InChI is InChI=1S/C28H23NO3/c1-21(30)31-28(25-12-6-3-7-13-25)27(19-22-9-8-18-29-20-22)32-26-16-14-24(15-17-26)23-10-4-2-5-11-23/h2-20,28H,1H3/b27-19+. The third kappa shape index (κ3) is 5.49. The molecule has 0 N–H and O–H groups in total. The zero-order valence-corrected chi connectivity index (χ0v) is 17.7. The van der Waals surface area contributed by atoms with Crippen LogP contribution in [0.1, 0.15) is 24.2 Å². The number of carbonyl (C=O) groups is 1. The van der Waals surface area contributed by atoms with Gasteiger partial charge in [-0.15, -0.1) is 0 Å². The van der Waals surface area contributed by atoms with Gasteiger partial charge < -0.3 is 9.47 Å². The van der Waals surface area contributed by atoms with Crippen molar-refractivity contribution in [3.8, 4) is 16.9 Å². The Morgan fingerprint density at radius 3 is 2.09 bits per heavy atom. The maximum atomic E-state index is 11.9. The van der Waals surface area contributed by atoms with Crippen molar-refractivity contribution in [2.24, 2.45) is 0 Å². The van der Waals surface area contributed by atoms with Gasteiger partial charge in [0, 0.05) is 24.9 Å². The first-order valence-electron chi connectivity index (χ1n) is 10.4. The van der Waals surface area contributed by atoms with Gasteiger partial charge >= 0.3 is 5.97 Å². The summed E-state index contributed by atoms with van der Waals surface area (Å²) < 4.78 is 12.0. The van der Waals surface area contributed by atoms with E-state index in [0.717, 1.165) is 22.3 Å². The summed E-state index contributed by atoms with van der Waals surface area (Å²) in [7, 11) is 0. The van der Waals surface area contributed by atoms with Gasteiger partial charge in [-0.25, -0.2) is 0 Å². The fourth-order valence-corrected chi connectivity index (χ4v) is 3.35. The monoisotopic (exact) mass is 421 g/mol. The van der Waals surface area contributed by atoms with Gasteiger partial charge in [-0.05, 0) is 41.0 Å². The highest BCUT2D eigenvalue weighted by Crippen LogP contribution is 2.31. The van der Waals surface area contributed by atoms with E-state index < -0.39 is 6.10 Å². The quantitative estimate of drug-likeness (QED) is 0.253. The number of benzene rings is 3. The average Bonchev–Trinajstić information content (AvgIpc) is 2.84. The fraction of sp³-hybridized carbons (Fsp3) is 0.0714. The number of ether oxygens (including phenoxy) is 2. The Hall–Kier alpha value is -4.18. The fourth-order valence-electron chi connectivity index (χ4n) is 3.35. The second-order valence-electron chi connectivity index (χ2n) is 7.23. The molecule has 0 fully saturated rings. The zero-order valence-electron chi connectivity index (χ0n) is 17.7. The second-order valence-corrected chi connectivity index (χ2v) is 7.23. The van der Waals surface area contributed by atoms with Crippen LogP contribution >= 0.6 is 0 Å². The molecule has 4 heteroatoms. The molecule has 1 aromatic heterocycles. The highest BCUT2D eigenvalue weighted by Gasteiger charge is 2.22.